The maximum absolute atomic E-state index is 2.69. The van der Waals surface area contributed by atoms with Gasteiger partial charge in [0.15, 0.2) is 11.0 Å². The van der Waals surface area contributed by atoms with E-state index in [0.29, 0.717) is 0 Å². The smallest absolute Gasteiger partial charge is 0.216 e. The molecule has 40 heavy (non-hydrogen) atoms. The molecule has 2 atom stereocenters. The van der Waals surface area contributed by atoms with Gasteiger partial charge in [0, 0.05) is 25.6 Å². The molecule has 6 aromatic rings. The van der Waals surface area contributed by atoms with Gasteiger partial charge in [-0.3, -0.25) is 0 Å². The SMILES string of the molecule is CCCCc1ccc2sc3ccc(-n4c5[n+](c6ccccc64)C(C)(CC)C(C)(CC)c4ccccc4-5)cc3c2c1. The second-order valence-electron chi connectivity index (χ2n) is 12.1. The van der Waals surface area contributed by atoms with Crippen LogP contribution in [0.1, 0.15) is 71.4 Å². The number of nitrogens with zero attached hydrogens (tertiary/aromatic N) is 2. The largest absolute Gasteiger partial charge is 0.295 e. The van der Waals surface area contributed by atoms with Crippen LogP contribution in [-0.2, 0) is 17.4 Å². The maximum Gasteiger partial charge on any atom is 0.295 e. The Balaban J connectivity index is 1.56. The van der Waals surface area contributed by atoms with E-state index in [0.717, 1.165) is 19.3 Å². The molecule has 2 nitrogen and oxygen atoms in total. The zero-order chi connectivity index (χ0) is 27.6. The molecular weight excluding hydrogens is 504 g/mol. The molecule has 0 fully saturated rings. The predicted molar refractivity (Wildman–Crippen MR) is 172 cm³/mol. The summed E-state index contributed by atoms with van der Waals surface area (Å²) in [5.74, 6) is 1.30. The fraction of sp³-hybridized carbons (Fsp3) is 0.324. The van der Waals surface area contributed by atoms with Crippen molar-refractivity contribution in [1.82, 2.24) is 4.57 Å². The average molecular weight is 544 g/mol. The third-order valence-electron chi connectivity index (χ3n) is 10.2. The van der Waals surface area contributed by atoms with Crippen molar-refractivity contribution >= 4 is 42.5 Å². The molecule has 0 aliphatic carbocycles. The molecule has 0 N–H and O–H groups in total. The summed E-state index contributed by atoms with van der Waals surface area (Å²) in [7, 11) is 0. The van der Waals surface area contributed by atoms with Gasteiger partial charge in [-0.25, -0.2) is 4.57 Å². The van der Waals surface area contributed by atoms with Crippen LogP contribution in [0.3, 0.4) is 0 Å². The second-order valence-corrected chi connectivity index (χ2v) is 13.1. The molecular formula is C37H39N2S+. The third kappa shape index (κ3) is 3.37. The molecule has 2 unspecified atom stereocenters. The van der Waals surface area contributed by atoms with Crippen LogP contribution in [0, 0.1) is 0 Å². The first-order valence-corrected chi connectivity index (χ1v) is 15.9. The maximum atomic E-state index is 2.69. The van der Waals surface area contributed by atoms with E-state index in [1.54, 1.807) is 0 Å². The predicted octanol–water partition coefficient (Wildman–Crippen LogP) is 10.1. The van der Waals surface area contributed by atoms with Gasteiger partial charge in [0.2, 0.25) is 0 Å². The summed E-state index contributed by atoms with van der Waals surface area (Å²) in [6.45, 7) is 12.0. The third-order valence-corrected chi connectivity index (χ3v) is 11.4. The molecule has 0 saturated heterocycles. The molecule has 0 spiro atoms. The molecule has 3 heterocycles. The van der Waals surface area contributed by atoms with Gasteiger partial charge >= 0.3 is 0 Å². The summed E-state index contributed by atoms with van der Waals surface area (Å²) < 4.78 is 7.97. The first-order chi connectivity index (χ1) is 19.4. The van der Waals surface area contributed by atoms with Crippen molar-refractivity contribution in [3.8, 4) is 17.1 Å². The Labute approximate surface area is 241 Å². The number of hydrogen-bond donors (Lipinski definition) is 0. The Morgan fingerprint density at radius 3 is 2.27 bits per heavy atom. The monoisotopic (exact) mass is 543 g/mol. The topological polar surface area (TPSA) is 8.81 Å². The Bertz CT molecular complexity index is 1910. The van der Waals surface area contributed by atoms with E-state index < -0.39 is 0 Å². The highest BCUT2D eigenvalue weighted by molar-refractivity contribution is 7.25. The van der Waals surface area contributed by atoms with Crippen molar-refractivity contribution in [2.75, 3.05) is 0 Å². The number of unbranched alkanes of at least 4 members (excludes halogenated alkanes) is 1. The van der Waals surface area contributed by atoms with Crippen molar-refractivity contribution in [3.63, 3.8) is 0 Å². The average Bonchev–Trinajstić information content (AvgIpc) is 3.54. The summed E-state index contributed by atoms with van der Waals surface area (Å²) in [6, 6.07) is 32.4. The number of imidazole rings is 1. The number of hydrogen-bond acceptors (Lipinski definition) is 1. The molecule has 202 valence electrons. The highest BCUT2D eigenvalue weighted by atomic mass is 32.1. The summed E-state index contributed by atoms with van der Waals surface area (Å²) in [4.78, 5) is 0. The second kappa shape index (κ2) is 9.31. The van der Waals surface area contributed by atoms with Crippen molar-refractivity contribution in [2.24, 2.45) is 0 Å². The Morgan fingerprint density at radius 1 is 0.775 bits per heavy atom. The van der Waals surface area contributed by atoms with E-state index in [9.17, 15) is 0 Å². The van der Waals surface area contributed by atoms with Crippen LogP contribution in [0.2, 0.25) is 0 Å². The van der Waals surface area contributed by atoms with E-state index in [4.69, 9.17) is 0 Å². The number of aryl methyl sites for hydroxylation is 1. The lowest BCUT2D eigenvalue weighted by molar-refractivity contribution is -0.743. The van der Waals surface area contributed by atoms with Crippen LogP contribution in [-0.4, -0.2) is 4.57 Å². The molecule has 0 radical (unpaired) electrons. The van der Waals surface area contributed by atoms with E-state index >= 15 is 0 Å². The van der Waals surface area contributed by atoms with Crippen LogP contribution in [0.25, 0.3) is 48.3 Å². The standard InChI is InChI=1S/C37H39N2S/c1-6-9-14-25-19-21-33-28(23-25)29-24-26(20-22-34(29)40-33)38-31-17-12-13-18-32(31)39-35(38)27-15-10-11-16-30(27)36(4,7-2)37(39,5)8-3/h10-13,15-24H,6-9,14H2,1-5H3/q+1. The summed E-state index contributed by atoms with van der Waals surface area (Å²) in [5.41, 5.74) is 8.05. The van der Waals surface area contributed by atoms with Crippen LogP contribution in [0.4, 0.5) is 0 Å². The molecule has 0 bridgehead atoms. The quantitative estimate of drug-likeness (QED) is 0.185. The van der Waals surface area contributed by atoms with Crippen molar-refractivity contribution in [2.45, 2.75) is 77.7 Å². The first kappa shape index (κ1) is 25.5. The van der Waals surface area contributed by atoms with Gasteiger partial charge in [-0.05, 0) is 92.3 Å². The minimum atomic E-state index is -0.0658. The van der Waals surface area contributed by atoms with Crippen molar-refractivity contribution < 1.29 is 4.57 Å². The van der Waals surface area contributed by atoms with Crippen LogP contribution in [0.5, 0.6) is 0 Å². The number of fused-ring (bicyclic) bond motifs is 8. The number of rotatable bonds is 6. The van der Waals surface area contributed by atoms with Crippen LogP contribution in [0.15, 0.2) is 84.9 Å². The van der Waals surface area contributed by atoms with Crippen LogP contribution < -0.4 is 4.57 Å². The first-order valence-electron chi connectivity index (χ1n) is 15.1. The highest BCUT2D eigenvalue weighted by Crippen LogP contribution is 2.51. The molecule has 1 aliphatic rings. The zero-order valence-corrected chi connectivity index (χ0v) is 25.2. The lowest BCUT2D eigenvalue weighted by Gasteiger charge is -2.47. The van der Waals surface area contributed by atoms with E-state index in [2.05, 4.69) is 129 Å². The molecule has 7 rings (SSSR count). The lowest BCUT2D eigenvalue weighted by atomic mass is 9.61. The van der Waals surface area contributed by atoms with E-state index in [1.807, 2.05) is 11.3 Å². The number of thiophene rings is 1. The van der Waals surface area contributed by atoms with Gasteiger partial charge in [-0.1, -0.05) is 70.5 Å². The molecule has 1 aliphatic heterocycles. The number of benzene rings is 4. The van der Waals surface area contributed by atoms with E-state index in [-0.39, 0.29) is 11.0 Å². The summed E-state index contributed by atoms with van der Waals surface area (Å²) in [6.07, 6.45) is 5.77. The van der Waals surface area contributed by atoms with Crippen LogP contribution >= 0.6 is 11.3 Å². The molecule has 2 aromatic heterocycles. The minimum absolute atomic E-state index is 0.0212. The fourth-order valence-corrected chi connectivity index (χ4v) is 8.54. The summed E-state index contributed by atoms with van der Waals surface area (Å²) in [5, 5.41) is 2.76. The van der Waals surface area contributed by atoms with Crippen molar-refractivity contribution in [1.29, 1.82) is 0 Å². The van der Waals surface area contributed by atoms with Gasteiger partial charge in [0.05, 0.1) is 5.56 Å². The van der Waals surface area contributed by atoms with Gasteiger partial charge in [0.1, 0.15) is 11.2 Å². The Kier molecular flexibility index (Phi) is 5.94. The number of para-hydroxylation sites is 2. The normalized spacial score (nSPS) is 20.3. The number of aromatic nitrogens is 2. The van der Waals surface area contributed by atoms with Gasteiger partial charge in [-0.2, -0.15) is 4.57 Å². The molecule has 4 aromatic carbocycles. The van der Waals surface area contributed by atoms with E-state index in [1.165, 1.54) is 72.2 Å². The van der Waals surface area contributed by atoms with Gasteiger partial charge in [-0.15, -0.1) is 11.3 Å². The minimum Gasteiger partial charge on any atom is -0.216 e. The molecule has 0 amide bonds. The highest BCUT2D eigenvalue weighted by Gasteiger charge is 2.56. The summed E-state index contributed by atoms with van der Waals surface area (Å²) >= 11 is 1.91. The molecule has 3 heteroatoms. The van der Waals surface area contributed by atoms with Crippen molar-refractivity contribution in [3.05, 3.63) is 96.1 Å². The molecule has 0 saturated carbocycles. The Morgan fingerprint density at radius 2 is 1.50 bits per heavy atom. The van der Waals surface area contributed by atoms with Gasteiger partial charge in [0.25, 0.3) is 5.82 Å². The Hall–Kier alpha value is -3.43. The lowest BCUT2D eigenvalue weighted by Crippen LogP contribution is -2.67. The zero-order valence-electron chi connectivity index (χ0n) is 24.4. The van der Waals surface area contributed by atoms with Gasteiger partial charge < -0.3 is 0 Å². The fourth-order valence-electron chi connectivity index (χ4n) is 7.48.